The van der Waals surface area contributed by atoms with E-state index in [1.807, 2.05) is 66.1 Å². The number of nitrogens with zero attached hydrogens (tertiary/aromatic N) is 4. The second-order valence-corrected chi connectivity index (χ2v) is 8.91. The zero-order valence-corrected chi connectivity index (χ0v) is 18.4. The Hall–Kier alpha value is -2.16. The van der Waals surface area contributed by atoms with E-state index in [1.165, 1.54) is 11.8 Å². The molecule has 0 radical (unpaired) electrons. The van der Waals surface area contributed by atoms with E-state index >= 15 is 0 Å². The molecule has 29 heavy (non-hydrogen) atoms. The smallest absolute Gasteiger partial charge is 0.232 e. The van der Waals surface area contributed by atoms with Gasteiger partial charge in [-0.1, -0.05) is 58.0 Å². The lowest BCUT2D eigenvalue weighted by atomic mass is 10.1. The van der Waals surface area contributed by atoms with E-state index in [-0.39, 0.29) is 11.0 Å². The molecule has 150 valence electrons. The first-order chi connectivity index (χ1) is 14.1. The summed E-state index contributed by atoms with van der Waals surface area (Å²) in [6, 6.07) is 17.5. The summed E-state index contributed by atoms with van der Waals surface area (Å²) in [5, 5.41) is 9.30. The fourth-order valence-electron chi connectivity index (χ4n) is 3.17. The number of morpholine rings is 1. The topological polar surface area (TPSA) is 60.2 Å². The van der Waals surface area contributed by atoms with Gasteiger partial charge in [-0.15, -0.1) is 10.2 Å². The Balaban J connectivity index is 1.63. The molecule has 0 N–H and O–H groups in total. The number of benzene rings is 2. The van der Waals surface area contributed by atoms with E-state index in [9.17, 15) is 4.79 Å². The van der Waals surface area contributed by atoms with E-state index in [0.717, 1.165) is 29.2 Å². The molecule has 4 rings (SSSR count). The summed E-state index contributed by atoms with van der Waals surface area (Å²) in [7, 11) is 0. The Morgan fingerprint density at radius 3 is 2.45 bits per heavy atom. The predicted molar refractivity (Wildman–Crippen MR) is 118 cm³/mol. The maximum Gasteiger partial charge on any atom is 0.232 e. The molecule has 0 aliphatic carbocycles. The average molecular weight is 473 g/mol. The van der Waals surface area contributed by atoms with Crippen LogP contribution in [0.5, 0.6) is 0 Å². The molecule has 3 aromatic rings. The van der Waals surface area contributed by atoms with Gasteiger partial charge in [0.15, 0.2) is 10.9 Å². The maximum atomic E-state index is 12.9. The van der Waals surface area contributed by atoms with Gasteiger partial charge in [0.2, 0.25) is 5.95 Å². The van der Waals surface area contributed by atoms with Crippen molar-refractivity contribution in [2.45, 2.75) is 17.3 Å². The highest BCUT2D eigenvalue weighted by molar-refractivity contribution is 9.10. The maximum absolute atomic E-state index is 12.9. The number of anilines is 1. The van der Waals surface area contributed by atoms with Crippen molar-refractivity contribution in [1.29, 1.82) is 0 Å². The third-order valence-electron chi connectivity index (χ3n) is 4.70. The first kappa shape index (κ1) is 20.1. The Morgan fingerprint density at radius 2 is 1.76 bits per heavy atom. The monoisotopic (exact) mass is 472 g/mol. The number of carbonyl (C=O) groups is 1. The van der Waals surface area contributed by atoms with Gasteiger partial charge in [-0.25, -0.2) is 0 Å². The van der Waals surface area contributed by atoms with Crippen LogP contribution in [0.4, 0.5) is 5.95 Å². The number of aromatic nitrogens is 3. The Labute approximate surface area is 182 Å². The minimum absolute atomic E-state index is 0.0676. The number of rotatable bonds is 6. The molecular weight excluding hydrogens is 452 g/mol. The number of Topliss-reactive ketones (excluding diaryl/α,β-unsaturated/α-hetero) is 1. The van der Waals surface area contributed by atoms with E-state index < -0.39 is 0 Å². The fourth-order valence-corrected chi connectivity index (χ4v) is 4.37. The SMILES string of the molecule is CC(Sc1nnc(N2CCOCC2)n1-c1ccccc1)C(=O)c1ccc(Br)cc1. The van der Waals surface area contributed by atoms with Crippen molar-refractivity contribution in [3.05, 3.63) is 64.6 Å². The first-order valence-corrected chi connectivity index (χ1v) is 11.1. The van der Waals surface area contributed by atoms with Gasteiger partial charge in [0.25, 0.3) is 0 Å². The minimum atomic E-state index is -0.291. The number of para-hydroxylation sites is 1. The lowest BCUT2D eigenvalue weighted by Crippen LogP contribution is -2.37. The van der Waals surface area contributed by atoms with Crippen molar-refractivity contribution in [2.75, 3.05) is 31.2 Å². The molecule has 1 saturated heterocycles. The van der Waals surface area contributed by atoms with Gasteiger partial charge < -0.3 is 9.64 Å². The van der Waals surface area contributed by atoms with Gasteiger partial charge in [-0.05, 0) is 31.2 Å². The molecule has 1 atom stereocenters. The fraction of sp³-hybridized carbons (Fsp3) is 0.286. The largest absolute Gasteiger partial charge is 0.378 e. The Bertz CT molecular complexity index is 972. The summed E-state index contributed by atoms with van der Waals surface area (Å²) < 4.78 is 8.46. The minimum Gasteiger partial charge on any atom is -0.378 e. The summed E-state index contributed by atoms with van der Waals surface area (Å²) in [5.41, 5.74) is 1.66. The highest BCUT2D eigenvalue weighted by Gasteiger charge is 2.25. The van der Waals surface area contributed by atoms with Crippen molar-refractivity contribution >= 4 is 39.4 Å². The summed E-state index contributed by atoms with van der Waals surface area (Å²) >= 11 is 4.84. The second-order valence-electron chi connectivity index (χ2n) is 6.68. The van der Waals surface area contributed by atoms with Crippen molar-refractivity contribution < 1.29 is 9.53 Å². The van der Waals surface area contributed by atoms with E-state index in [4.69, 9.17) is 4.74 Å². The molecule has 1 aliphatic rings. The van der Waals surface area contributed by atoms with Crippen LogP contribution in [-0.2, 0) is 4.74 Å². The average Bonchev–Trinajstić information content (AvgIpc) is 3.18. The Morgan fingerprint density at radius 1 is 1.07 bits per heavy atom. The van der Waals surface area contributed by atoms with E-state index in [0.29, 0.717) is 23.9 Å². The number of ether oxygens (including phenoxy) is 1. The van der Waals surface area contributed by atoms with Crippen LogP contribution in [0.3, 0.4) is 0 Å². The van der Waals surface area contributed by atoms with Crippen LogP contribution >= 0.6 is 27.7 Å². The zero-order chi connectivity index (χ0) is 20.2. The van der Waals surface area contributed by atoms with Crippen molar-refractivity contribution in [1.82, 2.24) is 14.8 Å². The predicted octanol–water partition coefficient (Wildman–Crippen LogP) is 4.23. The van der Waals surface area contributed by atoms with Crippen LogP contribution in [0.2, 0.25) is 0 Å². The third-order valence-corrected chi connectivity index (χ3v) is 6.28. The molecule has 1 fully saturated rings. The van der Waals surface area contributed by atoms with E-state index in [1.54, 1.807) is 0 Å². The normalized spacial score (nSPS) is 15.3. The van der Waals surface area contributed by atoms with Gasteiger partial charge in [-0.2, -0.15) is 0 Å². The van der Waals surface area contributed by atoms with E-state index in [2.05, 4.69) is 31.0 Å². The lowest BCUT2D eigenvalue weighted by molar-refractivity contribution is 0.0994. The number of ketones is 1. The molecular formula is C21H21BrN4O2S. The van der Waals surface area contributed by atoms with Crippen LogP contribution in [-0.4, -0.2) is 52.1 Å². The number of halogens is 1. The van der Waals surface area contributed by atoms with Crippen molar-refractivity contribution in [2.24, 2.45) is 0 Å². The molecule has 1 aromatic heterocycles. The summed E-state index contributed by atoms with van der Waals surface area (Å²) in [5.74, 6) is 0.850. The molecule has 1 aliphatic heterocycles. The molecule has 6 nitrogen and oxygen atoms in total. The van der Waals surface area contributed by atoms with Crippen LogP contribution < -0.4 is 4.90 Å². The number of carbonyl (C=O) groups excluding carboxylic acids is 1. The molecule has 8 heteroatoms. The quantitative estimate of drug-likeness (QED) is 0.395. The second kappa shape index (κ2) is 9.11. The third kappa shape index (κ3) is 4.55. The lowest BCUT2D eigenvalue weighted by Gasteiger charge is -2.28. The van der Waals surface area contributed by atoms with Gasteiger partial charge in [0, 0.05) is 23.1 Å². The van der Waals surface area contributed by atoms with Gasteiger partial charge >= 0.3 is 0 Å². The molecule has 0 saturated carbocycles. The highest BCUT2D eigenvalue weighted by atomic mass is 79.9. The number of hydrogen-bond donors (Lipinski definition) is 0. The highest BCUT2D eigenvalue weighted by Crippen LogP contribution is 2.31. The first-order valence-electron chi connectivity index (χ1n) is 9.43. The Kier molecular flexibility index (Phi) is 6.32. The number of thioether (sulfide) groups is 1. The van der Waals surface area contributed by atoms with Crippen molar-refractivity contribution in [3.8, 4) is 5.69 Å². The standard InChI is InChI=1S/C21H21BrN4O2S/c1-15(19(27)16-7-9-17(22)10-8-16)29-21-24-23-20(25-11-13-28-14-12-25)26(21)18-5-3-2-4-6-18/h2-10,15H,11-14H2,1H3. The summed E-state index contributed by atoms with van der Waals surface area (Å²) in [6.45, 7) is 4.78. The summed E-state index contributed by atoms with van der Waals surface area (Å²) in [4.78, 5) is 15.1. The molecule has 0 spiro atoms. The van der Waals surface area contributed by atoms with Crippen LogP contribution in [0.25, 0.3) is 5.69 Å². The van der Waals surface area contributed by atoms with Gasteiger partial charge in [0.1, 0.15) is 0 Å². The molecule has 0 bridgehead atoms. The molecule has 2 aromatic carbocycles. The van der Waals surface area contributed by atoms with Crippen LogP contribution in [0.1, 0.15) is 17.3 Å². The van der Waals surface area contributed by atoms with Crippen LogP contribution in [0.15, 0.2) is 64.2 Å². The molecule has 1 unspecified atom stereocenters. The van der Waals surface area contributed by atoms with Crippen LogP contribution in [0, 0.1) is 0 Å². The summed E-state index contributed by atoms with van der Waals surface area (Å²) in [6.07, 6.45) is 0. The number of hydrogen-bond acceptors (Lipinski definition) is 6. The zero-order valence-electron chi connectivity index (χ0n) is 16.0. The van der Waals surface area contributed by atoms with Gasteiger partial charge in [0.05, 0.1) is 24.2 Å². The molecule has 2 heterocycles. The van der Waals surface area contributed by atoms with Gasteiger partial charge in [-0.3, -0.25) is 9.36 Å². The molecule has 0 amide bonds. The van der Waals surface area contributed by atoms with Crippen molar-refractivity contribution in [3.63, 3.8) is 0 Å².